The van der Waals surface area contributed by atoms with E-state index in [2.05, 4.69) is 27.8 Å². The summed E-state index contributed by atoms with van der Waals surface area (Å²) in [5.41, 5.74) is 0. The van der Waals surface area contributed by atoms with E-state index in [0.29, 0.717) is 5.13 Å². The molecule has 1 saturated heterocycles. The van der Waals surface area contributed by atoms with Crippen LogP contribution in [0.5, 0.6) is 0 Å². The first kappa shape index (κ1) is 11.5. The molecule has 16 heavy (non-hydrogen) atoms. The topological polar surface area (TPSA) is 66.9 Å². The quantitative estimate of drug-likeness (QED) is 0.825. The van der Waals surface area contributed by atoms with Gasteiger partial charge in [0.15, 0.2) is 0 Å². The number of hydrogen-bond acceptors (Lipinski definition) is 5. The van der Waals surface area contributed by atoms with E-state index in [1.54, 1.807) is 0 Å². The van der Waals surface area contributed by atoms with Crippen LogP contribution in [0.3, 0.4) is 0 Å². The van der Waals surface area contributed by atoms with Crippen LogP contribution in [0.4, 0.5) is 5.13 Å². The van der Waals surface area contributed by atoms with E-state index in [9.17, 15) is 4.79 Å². The lowest BCUT2D eigenvalue weighted by Crippen LogP contribution is -2.24. The second-order valence-electron chi connectivity index (χ2n) is 3.93. The van der Waals surface area contributed by atoms with Gasteiger partial charge in [0.05, 0.1) is 5.92 Å². The van der Waals surface area contributed by atoms with E-state index < -0.39 is 0 Å². The summed E-state index contributed by atoms with van der Waals surface area (Å²) in [6.07, 6.45) is 2.89. The van der Waals surface area contributed by atoms with Gasteiger partial charge in [-0.15, -0.1) is 10.2 Å². The van der Waals surface area contributed by atoms with Gasteiger partial charge >= 0.3 is 0 Å². The average molecular weight is 240 g/mol. The van der Waals surface area contributed by atoms with Crippen molar-refractivity contribution >= 4 is 22.4 Å². The summed E-state index contributed by atoms with van der Waals surface area (Å²) < 4.78 is 0. The van der Waals surface area contributed by atoms with Crippen LogP contribution in [0.1, 0.15) is 24.8 Å². The van der Waals surface area contributed by atoms with Crippen LogP contribution >= 0.6 is 11.3 Å². The Morgan fingerprint density at radius 3 is 3.19 bits per heavy atom. The summed E-state index contributed by atoms with van der Waals surface area (Å²) in [4.78, 5) is 11.8. The Morgan fingerprint density at radius 1 is 1.62 bits per heavy atom. The highest BCUT2D eigenvalue weighted by molar-refractivity contribution is 7.15. The molecule has 0 bridgehead atoms. The van der Waals surface area contributed by atoms with Gasteiger partial charge in [-0.2, -0.15) is 0 Å². The molecule has 6 heteroatoms. The number of rotatable bonds is 4. The van der Waals surface area contributed by atoms with Crippen molar-refractivity contribution in [2.45, 2.75) is 26.2 Å². The second kappa shape index (κ2) is 5.36. The van der Waals surface area contributed by atoms with Crippen molar-refractivity contribution in [2.24, 2.45) is 5.92 Å². The smallest absolute Gasteiger partial charge is 0.230 e. The molecule has 1 atom stereocenters. The van der Waals surface area contributed by atoms with Gasteiger partial charge < -0.3 is 10.6 Å². The third kappa shape index (κ3) is 2.76. The molecule has 0 spiro atoms. The third-order valence-electron chi connectivity index (χ3n) is 2.59. The Morgan fingerprint density at radius 2 is 2.50 bits per heavy atom. The van der Waals surface area contributed by atoms with Crippen molar-refractivity contribution < 1.29 is 4.79 Å². The number of nitrogens with zero attached hydrogens (tertiary/aromatic N) is 2. The van der Waals surface area contributed by atoms with Gasteiger partial charge in [0, 0.05) is 13.0 Å². The number of aromatic nitrogens is 2. The highest BCUT2D eigenvalue weighted by Gasteiger charge is 2.23. The van der Waals surface area contributed by atoms with E-state index in [1.807, 2.05) is 0 Å². The minimum Gasteiger partial charge on any atom is -0.316 e. The first-order valence-electron chi connectivity index (χ1n) is 5.63. The Kier molecular flexibility index (Phi) is 3.84. The Hall–Kier alpha value is -1.01. The predicted molar refractivity (Wildman–Crippen MR) is 63.5 cm³/mol. The Balaban J connectivity index is 1.89. The molecule has 1 aliphatic rings. The fraction of sp³-hybridized carbons (Fsp3) is 0.700. The van der Waals surface area contributed by atoms with E-state index >= 15 is 0 Å². The fourth-order valence-electron chi connectivity index (χ4n) is 1.70. The predicted octanol–water partition coefficient (Wildman–Crippen LogP) is 1.04. The summed E-state index contributed by atoms with van der Waals surface area (Å²) in [7, 11) is 0. The van der Waals surface area contributed by atoms with Gasteiger partial charge in [-0.05, 0) is 19.4 Å². The standard InChI is InChI=1S/C10H16N4OS/c1-2-3-8-13-14-10(16-8)12-9(15)7-4-5-11-6-7/h7,11H,2-6H2,1H3,(H,12,14,15)/t7-/m0/s1. The zero-order valence-electron chi connectivity index (χ0n) is 9.32. The van der Waals surface area contributed by atoms with Crippen LogP contribution in [-0.4, -0.2) is 29.2 Å². The zero-order valence-corrected chi connectivity index (χ0v) is 10.1. The van der Waals surface area contributed by atoms with Gasteiger partial charge in [0.2, 0.25) is 11.0 Å². The maximum absolute atomic E-state index is 11.8. The molecule has 2 N–H and O–H groups in total. The molecule has 88 valence electrons. The second-order valence-corrected chi connectivity index (χ2v) is 4.99. The average Bonchev–Trinajstić information content (AvgIpc) is 2.89. The molecule has 5 nitrogen and oxygen atoms in total. The number of nitrogens with one attached hydrogen (secondary N) is 2. The summed E-state index contributed by atoms with van der Waals surface area (Å²) in [5, 5.41) is 15.6. The molecular formula is C10H16N4OS. The first-order chi connectivity index (χ1) is 7.79. The molecule has 2 heterocycles. The summed E-state index contributed by atoms with van der Waals surface area (Å²) in [6.45, 7) is 3.80. The number of aryl methyl sites for hydroxylation is 1. The zero-order chi connectivity index (χ0) is 11.4. The number of anilines is 1. The number of carbonyl (C=O) groups excluding carboxylic acids is 1. The first-order valence-corrected chi connectivity index (χ1v) is 6.45. The number of carbonyl (C=O) groups is 1. The maximum atomic E-state index is 11.8. The van der Waals surface area contributed by atoms with Gasteiger partial charge in [0.25, 0.3) is 0 Å². The maximum Gasteiger partial charge on any atom is 0.230 e. The van der Waals surface area contributed by atoms with Crippen LogP contribution < -0.4 is 10.6 Å². The lowest BCUT2D eigenvalue weighted by Gasteiger charge is -2.05. The summed E-state index contributed by atoms with van der Waals surface area (Å²) >= 11 is 1.47. The van der Waals surface area contributed by atoms with Gasteiger partial charge in [-0.25, -0.2) is 0 Å². The molecule has 0 aliphatic carbocycles. The van der Waals surface area contributed by atoms with Crippen molar-refractivity contribution in [3.63, 3.8) is 0 Å². The molecule has 0 aromatic carbocycles. The van der Waals surface area contributed by atoms with Crippen molar-refractivity contribution in [1.29, 1.82) is 0 Å². The van der Waals surface area contributed by atoms with Crippen LogP contribution in [0.15, 0.2) is 0 Å². The third-order valence-corrected chi connectivity index (χ3v) is 3.49. The van der Waals surface area contributed by atoms with Crippen LogP contribution in [0.2, 0.25) is 0 Å². The molecule has 2 rings (SSSR count). The van der Waals surface area contributed by atoms with Crippen molar-refractivity contribution in [3.8, 4) is 0 Å². The molecule has 1 aliphatic heterocycles. The van der Waals surface area contributed by atoms with Gasteiger partial charge in [0.1, 0.15) is 5.01 Å². The molecule has 0 unspecified atom stereocenters. The summed E-state index contributed by atoms with van der Waals surface area (Å²) in [6, 6.07) is 0. The molecule has 1 fully saturated rings. The lowest BCUT2D eigenvalue weighted by atomic mass is 10.1. The van der Waals surface area contributed by atoms with Gasteiger partial charge in [-0.1, -0.05) is 18.3 Å². The number of amides is 1. The van der Waals surface area contributed by atoms with Gasteiger partial charge in [-0.3, -0.25) is 4.79 Å². The van der Waals surface area contributed by atoms with Crippen LogP contribution in [0.25, 0.3) is 0 Å². The minimum atomic E-state index is 0.0594. The molecule has 1 aromatic rings. The van der Waals surface area contributed by atoms with E-state index in [-0.39, 0.29) is 11.8 Å². The molecule has 1 amide bonds. The van der Waals surface area contributed by atoms with E-state index in [1.165, 1.54) is 11.3 Å². The van der Waals surface area contributed by atoms with Crippen molar-refractivity contribution in [1.82, 2.24) is 15.5 Å². The Labute approximate surface area is 98.7 Å². The molecule has 0 radical (unpaired) electrons. The number of hydrogen-bond donors (Lipinski definition) is 2. The molecular weight excluding hydrogens is 224 g/mol. The fourth-order valence-corrected chi connectivity index (χ4v) is 2.55. The van der Waals surface area contributed by atoms with E-state index in [4.69, 9.17) is 0 Å². The molecule has 1 aromatic heterocycles. The lowest BCUT2D eigenvalue weighted by molar-refractivity contribution is -0.119. The SMILES string of the molecule is CCCc1nnc(NC(=O)[C@H]2CCNC2)s1. The van der Waals surface area contributed by atoms with Crippen LogP contribution in [-0.2, 0) is 11.2 Å². The normalized spacial score (nSPS) is 19.9. The highest BCUT2D eigenvalue weighted by Crippen LogP contribution is 2.18. The monoisotopic (exact) mass is 240 g/mol. The highest BCUT2D eigenvalue weighted by atomic mass is 32.1. The Bertz CT molecular complexity index is 359. The summed E-state index contributed by atoms with van der Waals surface area (Å²) in [5.74, 6) is 0.141. The van der Waals surface area contributed by atoms with Crippen molar-refractivity contribution in [2.75, 3.05) is 18.4 Å². The van der Waals surface area contributed by atoms with Crippen molar-refractivity contribution in [3.05, 3.63) is 5.01 Å². The molecule has 0 saturated carbocycles. The minimum absolute atomic E-state index is 0.0594. The van der Waals surface area contributed by atoms with Crippen LogP contribution in [0, 0.1) is 5.92 Å². The van der Waals surface area contributed by atoms with E-state index in [0.717, 1.165) is 37.4 Å². The largest absolute Gasteiger partial charge is 0.316 e.